The molecule has 0 aromatic heterocycles. The molecule has 0 fully saturated rings. The molecule has 18 heavy (non-hydrogen) atoms. The highest BCUT2D eigenvalue weighted by atomic mass is 32.2. The lowest BCUT2D eigenvalue weighted by atomic mass is 9.87. The van der Waals surface area contributed by atoms with Crippen molar-refractivity contribution >= 4 is 11.8 Å². The van der Waals surface area contributed by atoms with E-state index < -0.39 is 0 Å². The topological polar surface area (TPSA) is 26.0 Å². The Morgan fingerprint density at radius 2 is 2.06 bits per heavy atom. The summed E-state index contributed by atoms with van der Waals surface area (Å²) in [6, 6.07) is 9.00. The first-order chi connectivity index (χ1) is 8.86. The normalized spacial score (nSPS) is 25.2. The first-order valence-corrected chi connectivity index (χ1v) is 8.01. The van der Waals surface area contributed by atoms with Crippen molar-refractivity contribution in [1.29, 1.82) is 0 Å². The third kappa shape index (κ3) is 2.36. The van der Waals surface area contributed by atoms with E-state index in [0.29, 0.717) is 5.92 Å². The maximum atomic E-state index is 6.56. The summed E-state index contributed by atoms with van der Waals surface area (Å²) in [7, 11) is 0. The standard InChI is InChI=1S/C16H21NS/c17-16(12-7-3-1-2-4-8-12)14-11-18-15-10-6-5-9-13(14)15/h5-7,9-10,14,16H,1-4,8,11,17H2. The minimum atomic E-state index is 0.235. The van der Waals surface area contributed by atoms with Crippen LogP contribution < -0.4 is 5.73 Å². The molecule has 3 rings (SSSR count). The highest BCUT2D eigenvalue weighted by Gasteiger charge is 2.29. The first-order valence-electron chi connectivity index (χ1n) is 7.02. The van der Waals surface area contributed by atoms with Crippen LogP contribution in [-0.4, -0.2) is 11.8 Å². The van der Waals surface area contributed by atoms with Crippen molar-refractivity contribution in [2.75, 3.05) is 5.75 Å². The molecular formula is C16H21NS. The summed E-state index contributed by atoms with van der Waals surface area (Å²) in [6.07, 6.45) is 8.88. The number of nitrogens with two attached hydrogens (primary N) is 1. The van der Waals surface area contributed by atoms with Crippen molar-refractivity contribution in [3.63, 3.8) is 0 Å². The average Bonchev–Trinajstić information content (AvgIpc) is 2.65. The number of allylic oxidation sites excluding steroid dienone is 1. The van der Waals surface area contributed by atoms with Crippen LogP contribution in [0.1, 0.15) is 43.6 Å². The van der Waals surface area contributed by atoms with Gasteiger partial charge < -0.3 is 5.73 Å². The van der Waals surface area contributed by atoms with E-state index in [1.54, 1.807) is 0 Å². The van der Waals surface area contributed by atoms with E-state index >= 15 is 0 Å². The van der Waals surface area contributed by atoms with Crippen LogP contribution >= 0.6 is 11.8 Å². The maximum Gasteiger partial charge on any atom is 0.0331 e. The van der Waals surface area contributed by atoms with Gasteiger partial charge >= 0.3 is 0 Å². The molecule has 2 atom stereocenters. The van der Waals surface area contributed by atoms with Crippen molar-refractivity contribution in [2.24, 2.45) is 5.73 Å². The van der Waals surface area contributed by atoms with E-state index in [1.807, 2.05) is 11.8 Å². The fourth-order valence-electron chi connectivity index (χ4n) is 3.09. The monoisotopic (exact) mass is 259 g/mol. The van der Waals surface area contributed by atoms with Gasteiger partial charge in [-0.2, -0.15) is 0 Å². The van der Waals surface area contributed by atoms with Crippen LogP contribution in [0, 0.1) is 0 Å². The van der Waals surface area contributed by atoms with Crippen LogP contribution in [0.4, 0.5) is 0 Å². The third-order valence-electron chi connectivity index (χ3n) is 4.17. The SMILES string of the molecule is NC(C1=CCCCCC1)C1CSc2ccccc21. The maximum absolute atomic E-state index is 6.56. The van der Waals surface area contributed by atoms with Crippen LogP contribution in [0.15, 0.2) is 40.8 Å². The molecular weight excluding hydrogens is 238 g/mol. The lowest BCUT2D eigenvalue weighted by Crippen LogP contribution is -2.30. The Morgan fingerprint density at radius 3 is 3.00 bits per heavy atom. The number of rotatable bonds is 2. The fraction of sp³-hybridized carbons (Fsp3) is 0.500. The first kappa shape index (κ1) is 12.3. The summed E-state index contributed by atoms with van der Waals surface area (Å²) >= 11 is 1.97. The van der Waals surface area contributed by atoms with Gasteiger partial charge in [-0.25, -0.2) is 0 Å². The van der Waals surface area contributed by atoms with Gasteiger partial charge in [-0.1, -0.05) is 36.3 Å². The van der Waals surface area contributed by atoms with Crippen LogP contribution in [-0.2, 0) is 0 Å². The lowest BCUT2D eigenvalue weighted by molar-refractivity contribution is 0.609. The van der Waals surface area contributed by atoms with Crippen molar-refractivity contribution in [3.8, 4) is 0 Å². The van der Waals surface area contributed by atoms with E-state index in [2.05, 4.69) is 30.3 Å². The predicted octanol–water partition coefficient (Wildman–Crippen LogP) is 4.09. The predicted molar refractivity (Wildman–Crippen MR) is 79.1 cm³/mol. The Kier molecular flexibility index (Phi) is 3.76. The smallest absolute Gasteiger partial charge is 0.0331 e. The Bertz CT molecular complexity index is 452. The van der Waals surface area contributed by atoms with E-state index in [4.69, 9.17) is 5.73 Å². The fourth-order valence-corrected chi connectivity index (χ4v) is 4.39. The van der Waals surface area contributed by atoms with Crippen LogP contribution in [0.25, 0.3) is 0 Å². The van der Waals surface area contributed by atoms with Gasteiger partial charge in [0.15, 0.2) is 0 Å². The highest BCUT2D eigenvalue weighted by molar-refractivity contribution is 7.99. The highest BCUT2D eigenvalue weighted by Crippen LogP contribution is 2.42. The molecule has 1 aliphatic heterocycles. The molecule has 1 nitrogen and oxygen atoms in total. The van der Waals surface area contributed by atoms with E-state index in [9.17, 15) is 0 Å². The van der Waals surface area contributed by atoms with Crippen molar-refractivity contribution < 1.29 is 0 Å². The zero-order valence-corrected chi connectivity index (χ0v) is 11.6. The Morgan fingerprint density at radius 1 is 1.17 bits per heavy atom. The van der Waals surface area contributed by atoms with Gasteiger partial charge in [-0.15, -0.1) is 11.8 Å². The molecule has 0 amide bonds. The molecule has 2 heteroatoms. The second-order valence-electron chi connectivity index (χ2n) is 5.36. The quantitative estimate of drug-likeness (QED) is 0.809. The molecule has 0 radical (unpaired) electrons. The van der Waals surface area contributed by atoms with Gasteiger partial charge in [-0.05, 0) is 37.3 Å². The van der Waals surface area contributed by atoms with Crippen molar-refractivity contribution in [1.82, 2.24) is 0 Å². The zero-order chi connectivity index (χ0) is 12.4. The van der Waals surface area contributed by atoms with Gasteiger partial charge in [0.1, 0.15) is 0 Å². The molecule has 2 aliphatic rings. The Labute approximate surface area is 114 Å². The summed E-state index contributed by atoms with van der Waals surface area (Å²) in [5, 5.41) is 0. The molecule has 1 aromatic rings. The number of benzene rings is 1. The molecule has 2 N–H and O–H groups in total. The summed E-state index contributed by atoms with van der Waals surface area (Å²) in [5.74, 6) is 1.67. The molecule has 0 saturated carbocycles. The van der Waals surface area contributed by atoms with Gasteiger partial charge in [-0.3, -0.25) is 0 Å². The van der Waals surface area contributed by atoms with E-state index in [-0.39, 0.29) is 6.04 Å². The van der Waals surface area contributed by atoms with E-state index in [1.165, 1.54) is 48.1 Å². The van der Waals surface area contributed by atoms with Gasteiger partial charge in [0.2, 0.25) is 0 Å². The van der Waals surface area contributed by atoms with Crippen LogP contribution in [0.3, 0.4) is 0 Å². The average molecular weight is 259 g/mol. The molecule has 96 valence electrons. The number of hydrogen-bond donors (Lipinski definition) is 1. The molecule has 1 aliphatic carbocycles. The molecule has 1 heterocycles. The zero-order valence-electron chi connectivity index (χ0n) is 10.8. The molecule has 0 spiro atoms. The van der Waals surface area contributed by atoms with Gasteiger partial charge in [0.05, 0.1) is 0 Å². The van der Waals surface area contributed by atoms with Gasteiger partial charge in [0.25, 0.3) is 0 Å². The van der Waals surface area contributed by atoms with E-state index in [0.717, 1.165) is 5.75 Å². The van der Waals surface area contributed by atoms with Crippen LogP contribution in [0.5, 0.6) is 0 Å². The molecule has 0 bridgehead atoms. The summed E-state index contributed by atoms with van der Waals surface area (Å²) < 4.78 is 0. The molecule has 2 unspecified atom stereocenters. The van der Waals surface area contributed by atoms with Gasteiger partial charge in [0, 0.05) is 22.6 Å². The minimum absolute atomic E-state index is 0.235. The second kappa shape index (κ2) is 5.50. The summed E-state index contributed by atoms with van der Waals surface area (Å²) in [5.41, 5.74) is 9.54. The lowest BCUT2D eigenvalue weighted by Gasteiger charge is -2.22. The Balaban J connectivity index is 1.81. The van der Waals surface area contributed by atoms with Crippen molar-refractivity contribution in [3.05, 3.63) is 41.5 Å². The molecule has 1 aromatic carbocycles. The molecule has 0 saturated heterocycles. The summed E-state index contributed by atoms with van der Waals surface area (Å²) in [6.45, 7) is 0. The number of fused-ring (bicyclic) bond motifs is 1. The van der Waals surface area contributed by atoms with Crippen LogP contribution in [0.2, 0.25) is 0 Å². The second-order valence-corrected chi connectivity index (χ2v) is 6.42. The number of thioether (sulfide) groups is 1. The number of hydrogen-bond acceptors (Lipinski definition) is 2. The largest absolute Gasteiger partial charge is 0.324 e. The minimum Gasteiger partial charge on any atom is -0.324 e. The third-order valence-corrected chi connectivity index (χ3v) is 5.38. The van der Waals surface area contributed by atoms with Crippen molar-refractivity contribution in [2.45, 2.75) is 49.0 Å². The Hall–Kier alpha value is -0.730. The summed E-state index contributed by atoms with van der Waals surface area (Å²) in [4.78, 5) is 1.44.